The Morgan fingerprint density at radius 3 is 2.56 bits per heavy atom. The maximum Gasteiger partial charge on any atom is 0.301 e. The molecule has 2 aliphatic rings. The van der Waals surface area contributed by atoms with Crippen LogP contribution in [0.15, 0.2) is 89.3 Å². The normalized spacial score (nSPS) is 17.2. The fourth-order valence-corrected chi connectivity index (χ4v) is 6.60. The van der Waals surface area contributed by atoms with Crippen LogP contribution < -0.4 is 19.1 Å². The first-order valence-corrected chi connectivity index (χ1v) is 15.3. The Hall–Kier alpha value is -4.61. The van der Waals surface area contributed by atoms with Crippen LogP contribution in [0.5, 0.6) is 17.2 Å². The van der Waals surface area contributed by atoms with Crippen molar-refractivity contribution < 1.29 is 28.9 Å². The number of ketones is 1. The molecule has 11 heteroatoms. The summed E-state index contributed by atoms with van der Waals surface area (Å²) in [5, 5.41) is 20.4. The van der Waals surface area contributed by atoms with Crippen molar-refractivity contribution >= 4 is 45.7 Å². The van der Waals surface area contributed by atoms with E-state index in [-0.39, 0.29) is 16.5 Å². The van der Waals surface area contributed by atoms with E-state index in [0.29, 0.717) is 58.3 Å². The van der Waals surface area contributed by atoms with Gasteiger partial charge in [-0.25, -0.2) is 0 Å². The molecular formula is C32H27N3O6S2. The van der Waals surface area contributed by atoms with Crippen molar-refractivity contribution in [3.05, 3.63) is 107 Å². The lowest BCUT2D eigenvalue weighted by atomic mass is 9.95. The number of hydrogen-bond donors (Lipinski definition) is 1. The fraction of sp³-hybridized carbons (Fsp3) is 0.188. The molecule has 4 aromatic rings. The van der Waals surface area contributed by atoms with Crippen LogP contribution in [0.25, 0.3) is 5.76 Å². The number of carbonyl (C=O) groups excluding carboxylic acids is 2. The standard InChI is InChI=1S/C32H27N3O6S2/c1-3-14-39-23-11-8-21(9-12-23)27-26(28(36)22-10-13-24-25(17-22)41-16-15-40-24)29(37)30(38)35(27)31-33-34-32(43-31)42-18-20-6-4-19(2)5-7-20/h3-13,17,27,36H,1,14-16,18H2,2H3/b28-26+. The van der Waals surface area contributed by atoms with E-state index in [1.54, 1.807) is 48.5 Å². The molecular weight excluding hydrogens is 587 g/mol. The molecule has 0 radical (unpaired) electrons. The van der Waals surface area contributed by atoms with Gasteiger partial charge in [0.25, 0.3) is 5.78 Å². The van der Waals surface area contributed by atoms with E-state index in [9.17, 15) is 14.7 Å². The molecule has 43 heavy (non-hydrogen) atoms. The van der Waals surface area contributed by atoms with E-state index in [4.69, 9.17) is 14.2 Å². The first-order chi connectivity index (χ1) is 20.9. The molecule has 1 N–H and O–H groups in total. The van der Waals surface area contributed by atoms with Gasteiger partial charge >= 0.3 is 5.91 Å². The summed E-state index contributed by atoms with van der Waals surface area (Å²) >= 11 is 2.71. The van der Waals surface area contributed by atoms with Gasteiger partial charge in [-0.15, -0.1) is 10.2 Å². The van der Waals surface area contributed by atoms with Crippen molar-refractivity contribution in [1.82, 2.24) is 10.2 Å². The average molecular weight is 614 g/mol. The third-order valence-electron chi connectivity index (χ3n) is 6.91. The molecule has 0 aliphatic carbocycles. The van der Waals surface area contributed by atoms with Crippen molar-refractivity contribution in [3.63, 3.8) is 0 Å². The van der Waals surface area contributed by atoms with Crippen molar-refractivity contribution in [2.45, 2.75) is 23.1 Å². The van der Waals surface area contributed by atoms with E-state index >= 15 is 0 Å². The van der Waals surface area contributed by atoms with Gasteiger partial charge in [0.1, 0.15) is 31.3 Å². The molecule has 0 bridgehead atoms. The average Bonchev–Trinajstić information content (AvgIpc) is 3.61. The monoisotopic (exact) mass is 613 g/mol. The highest BCUT2D eigenvalue weighted by atomic mass is 32.2. The lowest BCUT2D eigenvalue weighted by Gasteiger charge is -2.23. The molecule has 3 aromatic carbocycles. The summed E-state index contributed by atoms with van der Waals surface area (Å²) in [6.07, 6.45) is 1.64. The SMILES string of the molecule is C=CCOc1ccc(C2/C(=C(\O)c3ccc4c(c3)OCCO4)C(=O)C(=O)N2c2nnc(SCc3ccc(C)cc3)s2)cc1. The van der Waals surface area contributed by atoms with E-state index < -0.39 is 17.7 Å². The van der Waals surface area contributed by atoms with Crippen molar-refractivity contribution in [2.24, 2.45) is 0 Å². The van der Waals surface area contributed by atoms with Crippen LogP contribution in [0.1, 0.15) is 28.3 Å². The number of aliphatic hydroxyl groups is 1. The molecule has 0 saturated carbocycles. The van der Waals surface area contributed by atoms with E-state index in [1.807, 2.05) is 6.92 Å². The number of aromatic nitrogens is 2. The summed E-state index contributed by atoms with van der Waals surface area (Å²) in [6, 6.07) is 19.2. The van der Waals surface area contributed by atoms with E-state index in [0.717, 1.165) is 5.56 Å². The highest BCUT2D eigenvalue weighted by Gasteiger charge is 2.48. The van der Waals surface area contributed by atoms with Gasteiger partial charge in [0.15, 0.2) is 15.8 Å². The van der Waals surface area contributed by atoms with Crippen LogP contribution in [0.4, 0.5) is 5.13 Å². The van der Waals surface area contributed by atoms with Crippen LogP contribution in [-0.2, 0) is 15.3 Å². The Morgan fingerprint density at radius 2 is 1.81 bits per heavy atom. The molecule has 1 unspecified atom stereocenters. The molecule has 2 aliphatic heterocycles. The topological polar surface area (TPSA) is 111 Å². The van der Waals surface area contributed by atoms with Gasteiger partial charge in [-0.05, 0) is 48.4 Å². The lowest BCUT2D eigenvalue weighted by Crippen LogP contribution is -2.29. The predicted octanol–water partition coefficient (Wildman–Crippen LogP) is 6.10. The molecule has 1 atom stereocenters. The number of benzene rings is 3. The van der Waals surface area contributed by atoms with Gasteiger partial charge < -0.3 is 19.3 Å². The summed E-state index contributed by atoms with van der Waals surface area (Å²) in [4.78, 5) is 28.5. The molecule has 9 nitrogen and oxygen atoms in total. The maximum absolute atomic E-state index is 13.6. The summed E-state index contributed by atoms with van der Waals surface area (Å²) in [5.41, 5.74) is 3.16. The Labute approximate surface area is 256 Å². The Balaban J connectivity index is 1.37. The highest BCUT2D eigenvalue weighted by Crippen LogP contribution is 2.45. The first-order valence-electron chi connectivity index (χ1n) is 13.5. The van der Waals surface area contributed by atoms with Crippen molar-refractivity contribution in [1.29, 1.82) is 0 Å². The molecule has 218 valence electrons. The number of fused-ring (bicyclic) bond motifs is 1. The number of aliphatic hydroxyl groups excluding tert-OH is 1. The Bertz CT molecular complexity index is 1720. The van der Waals surface area contributed by atoms with Gasteiger partial charge in [0.2, 0.25) is 5.13 Å². The van der Waals surface area contributed by atoms with Gasteiger partial charge in [-0.1, -0.05) is 77.7 Å². The molecule has 1 aromatic heterocycles. The Kier molecular flexibility index (Phi) is 8.17. The number of rotatable bonds is 9. The minimum atomic E-state index is -0.954. The smallest absolute Gasteiger partial charge is 0.301 e. The van der Waals surface area contributed by atoms with Crippen LogP contribution >= 0.6 is 23.1 Å². The molecule has 1 amide bonds. The number of nitrogens with zero attached hydrogens (tertiary/aromatic N) is 3. The van der Waals surface area contributed by atoms with Crippen LogP contribution in [0.2, 0.25) is 0 Å². The zero-order chi connectivity index (χ0) is 29.9. The Morgan fingerprint density at radius 1 is 1.07 bits per heavy atom. The third kappa shape index (κ3) is 5.86. The summed E-state index contributed by atoms with van der Waals surface area (Å²) in [6.45, 7) is 6.82. The second kappa shape index (κ2) is 12.3. The van der Waals surface area contributed by atoms with Gasteiger partial charge in [-0.2, -0.15) is 0 Å². The number of ether oxygens (including phenoxy) is 3. The van der Waals surface area contributed by atoms with Crippen LogP contribution in [0, 0.1) is 6.92 Å². The van der Waals surface area contributed by atoms with Crippen LogP contribution in [-0.4, -0.2) is 46.8 Å². The second-order valence-electron chi connectivity index (χ2n) is 9.82. The number of Topliss-reactive ketones (excluding diaryl/α,β-unsaturated/α-hetero) is 1. The lowest BCUT2D eigenvalue weighted by molar-refractivity contribution is -0.132. The zero-order valence-corrected chi connectivity index (χ0v) is 24.8. The molecule has 6 rings (SSSR count). The van der Waals surface area contributed by atoms with Gasteiger partial charge in [0.05, 0.1) is 11.6 Å². The highest BCUT2D eigenvalue weighted by molar-refractivity contribution is 8.00. The number of aryl methyl sites for hydroxylation is 1. The number of hydrogen-bond acceptors (Lipinski definition) is 10. The number of thioether (sulfide) groups is 1. The van der Waals surface area contributed by atoms with Gasteiger partial charge in [0, 0.05) is 11.3 Å². The van der Waals surface area contributed by atoms with E-state index in [2.05, 4.69) is 41.0 Å². The first kappa shape index (κ1) is 28.5. The minimum Gasteiger partial charge on any atom is -0.507 e. The summed E-state index contributed by atoms with van der Waals surface area (Å²) < 4.78 is 17.5. The third-order valence-corrected chi connectivity index (χ3v) is 9.04. The fourth-order valence-electron chi connectivity index (χ4n) is 4.78. The maximum atomic E-state index is 13.6. The van der Waals surface area contributed by atoms with Gasteiger partial charge in [-0.3, -0.25) is 14.5 Å². The molecule has 1 fully saturated rings. The summed E-state index contributed by atoms with van der Waals surface area (Å²) in [7, 11) is 0. The van der Waals surface area contributed by atoms with Crippen LogP contribution in [0.3, 0.4) is 0 Å². The second-order valence-corrected chi connectivity index (χ2v) is 12.0. The van der Waals surface area contributed by atoms with Crippen molar-refractivity contribution in [3.8, 4) is 17.2 Å². The number of carbonyl (C=O) groups is 2. The molecule has 1 saturated heterocycles. The zero-order valence-electron chi connectivity index (χ0n) is 23.2. The molecule has 0 spiro atoms. The summed E-state index contributed by atoms with van der Waals surface area (Å²) in [5.74, 6) is 0.304. The number of amides is 1. The largest absolute Gasteiger partial charge is 0.507 e. The quantitative estimate of drug-likeness (QED) is 0.0598. The van der Waals surface area contributed by atoms with Crippen molar-refractivity contribution in [2.75, 3.05) is 24.7 Å². The molecule has 3 heterocycles. The van der Waals surface area contributed by atoms with E-state index in [1.165, 1.54) is 33.6 Å². The minimum absolute atomic E-state index is 0.0644. The number of anilines is 1. The predicted molar refractivity (Wildman–Crippen MR) is 165 cm³/mol.